The summed E-state index contributed by atoms with van der Waals surface area (Å²) < 4.78 is 0. The van der Waals surface area contributed by atoms with Crippen molar-refractivity contribution in [2.24, 2.45) is 11.1 Å². The number of carbonyl (C=O) groups excluding carboxylic acids is 1. The Kier molecular flexibility index (Phi) is 5.31. The summed E-state index contributed by atoms with van der Waals surface area (Å²) in [5.41, 5.74) is 6.83. The molecule has 0 atom stereocenters. The van der Waals surface area contributed by atoms with E-state index in [0.29, 0.717) is 12.1 Å². The molecule has 1 amide bonds. The maximum atomic E-state index is 11.2. The van der Waals surface area contributed by atoms with Crippen LogP contribution in [0.2, 0.25) is 0 Å². The topological polar surface area (TPSA) is 75.3 Å². The van der Waals surface area contributed by atoms with Crippen LogP contribution in [-0.2, 0) is 6.54 Å². The van der Waals surface area contributed by atoms with Crippen LogP contribution in [-0.4, -0.2) is 24.2 Å². The van der Waals surface area contributed by atoms with Crippen molar-refractivity contribution < 1.29 is 9.90 Å². The predicted molar refractivity (Wildman–Crippen MR) is 72.2 cm³/mol. The molecule has 0 aliphatic carbocycles. The summed E-state index contributed by atoms with van der Waals surface area (Å²) in [4.78, 5) is 11.2. The first kappa shape index (κ1) is 14.7. The summed E-state index contributed by atoms with van der Waals surface area (Å²) in [5, 5.41) is 12.2. The SMILES string of the molecule is CC(C)(CCO)CNCc1ccccc1C(N)=O. The first-order valence-corrected chi connectivity index (χ1v) is 6.15. The van der Waals surface area contributed by atoms with Crippen LogP contribution in [0.4, 0.5) is 0 Å². The Morgan fingerprint density at radius 1 is 1.39 bits per heavy atom. The van der Waals surface area contributed by atoms with Crippen LogP contribution in [0.1, 0.15) is 36.2 Å². The highest BCUT2D eigenvalue weighted by Gasteiger charge is 2.16. The van der Waals surface area contributed by atoms with Crippen molar-refractivity contribution in [2.45, 2.75) is 26.8 Å². The molecule has 4 N–H and O–H groups in total. The number of primary amides is 1. The highest BCUT2D eigenvalue weighted by Crippen LogP contribution is 2.18. The lowest BCUT2D eigenvalue weighted by molar-refractivity contribution is 0.0999. The van der Waals surface area contributed by atoms with Crippen LogP contribution >= 0.6 is 0 Å². The van der Waals surface area contributed by atoms with E-state index >= 15 is 0 Å². The number of nitrogens with two attached hydrogens (primary N) is 1. The van der Waals surface area contributed by atoms with Gasteiger partial charge in [0, 0.05) is 25.3 Å². The number of hydrogen-bond donors (Lipinski definition) is 3. The van der Waals surface area contributed by atoms with Crippen molar-refractivity contribution in [2.75, 3.05) is 13.2 Å². The number of aliphatic hydroxyl groups is 1. The molecule has 0 fully saturated rings. The maximum Gasteiger partial charge on any atom is 0.249 e. The lowest BCUT2D eigenvalue weighted by atomic mass is 9.89. The molecular weight excluding hydrogens is 228 g/mol. The lowest BCUT2D eigenvalue weighted by Gasteiger charge is -2.24. The van der Waals surface area contributed by atoms with Gasteiger partial charge in [0.2, 0.25) is 5.91 Å². The summed E-state index contributed by atoms with van der Waals surface area (Å²) in [7, 11) is 0. The van der Waals surface area contributed by atoms with E-state index in [2.05, 4.69) is 19.2 Å². The molecule has 4 nitrogen and oxygen atoms in total. The van der Waals surface area contributed by atoms with Gasteiger partial charge in [-0.15, -0.1) is 0 Å². The molecule has 0 heterocycles. The predicted octanol–water partition coefficient (Wildman–Crippen LogP) is 1.28. The minimum Gasteiger partial charge on any atom is -0.396 e. The minimum atomic E-state index is -0.401. The third kappa shape index (κ3) is 4.47. The van der Waals surface area contributed by atoms with Gasteiger partial charge in [-0.2, -0.15) is 0 Å². The lowest BCUT2D eigenvalue weighted by Crippen LogP contribution is -2.30. The highest BCUT2D eigenvalue weighted by molar-refractivity contribution is 5.94. The van der Waals surface area contributed by atoms with E-state index in [9.17, 15) is 4.79 Å². The summed E-state index contributed by atoms with van der Waals surface area (Å²) in [6, 6.07) is 7.33. The van der Waals surface area contributed by atoms with Gasteiger partial charge in [0.25, 0.3) is 0 Å². The first-order valence-electron chi connectivity index (χ1n) is 6.15. The number of hydrogen-bond acceptors (Lipinski definition) is 3. The van der Waals surface area contributed by atoms with E-state index in [1.807, 2.05) is 12.1 Å². The Morgan fingerprint density at radius 3 is 2.67 bits per heavy atom. The fourth-order valence-corrected chi connectivity index (χ4v) is 1.84. The number of aliphatic hydroxyl groups excluding tert-OH is 1. The zero-order chi connectivity index (χ0) is 13.6. The molecule has 4 heteroatoms. The summed E-state index contributed by atoms with van der Waals surface area (Å²) in [5.74, 6) is -0.401. The fraction of sp³-hybridized carbons (Fsp3) is 0.500. The molecule has 0 bridgehead atoms. The van der Waals surface area contributed by atoms with Gasteiger partial charge in [-0.1, -0.05) is 32.0 Å². The van der Waals surface area contributed by atoms with Gasteiger partial charge in [-0.3, -0.25) is 4.79 Å². The average molecular weight is 250 g/mol. The molecule has 1 aromatic carbocycles. The molecule has 0 saturated carbocycles. The van der Waals surface area contributed by atoms with Crippen LogP contribution in [0.25, 0.3) is 0 Å². The second-order valence-corrected chi connectivity index (χ2v) is 5.26. The smallest absolute Gasteiger partial charge is 0.249 e. The third-order valence-electron chi connectivity index (χ3n) is 2.99. The van der Waals surface area contributed by atoms with Crippen LogP contribution in [0.5, 0.6) is 0 Å². The largest absolute Gasteiger partial charge is 0.396 e. The second-order valence-electron chi connectivity index (χ2n) is 5.26. The van der Waals surface area contributed by atoms with Crippen molar-refractivity contribution in [3.8, 4) is 0 Å². The minimum absolute atomic E-state index is 0.0381. The van der Waals surface area contributed by atoms with Gasteiger partial charge < -0.3 is 16.2 Å². The van der Waals surface area contributed by atoms with Crippen molar-refractivity contribution in [1.82, 2.24) is 5.32 Å². The van der Waals surface area contributed by atoms with Gasteiger partial charge in [0.05, 0.1) is 0 Å². The van der Waals surface area contributed by atoms with Crippen molar-refractivity contribution in [1.29, 1.82) is 0 Å². The van der Waals surface area contributed by atoms with Crippen LogP contribution in [0.15, 0.2) is 24.3 Å². The van der Waals surface area contributed by atoms with Crippen molar-refractivity contribution in [3.63, 3.8) is 0 Å². The average Bonchev–Trinajstić information content (AvgIpc) is 2.29. The highest BCUT2D eigenvalue weighted by atomic mass is 16.3. The summed E-state index contributed by atoms with van der Waals surface area (Å²) in [6.45, 7) is 5.76. The molecule has 0 aliphatic heterocycles. The monoisotopic (exact) mass is 250 g/mol. The Labute approximate surface area is 108 Å². The molecule has 0 unspecified atom stereocenters. The maximum absolute atomic E-state index is 11.2. The molecule has 0 aromatic heterocycles. The Bertz CT molecular complexity index is 403. The number of carbonyl (C=O) groups is 1. The van der Waals surface area contributed by atoms with Crippen LogP contribution < -0.4 is 11.1 Å². The Morgan fingerprint density at radius 2 is 2.06 bits per heavy atom. The first-order chi connectivity index (χ1) is 8.46. The fourth-order valence-electron chi connectivity index (χ4n) is 1.84. The zero-order valence-electron chi connectivity index (χ0n) is 11.1. The normalized spacial score (nSPS) is 11.5. The summed E-state index contributed by atoms with van der Waals surface area (Å²) in [6.07, 6.45) is 0.747. The number of nitrogens with one attached hydrogen (secondary N) is 1. The Balaban J connectivity index is 2.56. The van der Waals surface area contributed by atoms with Gasteiger partial charge in [-0.05, 0) is 23.5 Å². The van der Waals surface area contributed by atoms with Gasteiger partial charge >= 0.3 is 0 Å². The van der Waals surface area contributed by atoms with E-state index in [0.717, 1.165) is 18.5 Å². The molecule has 1 aromatic rings. The quantitative estimate of drug-likeness (QED) is 0.682. The number of rotatable bonds is 7. The van der Waals surface area contributed by atoms with Gasteiger partial charge in [-0.25, -0.2) is 0 Å². The van der Waals surface area contributed by atoms with Crippen molar-refractivity contribution >= 4 is 5.91 Å². The molecule has 100 valence electrons. The van der Waals surface area contributed by atoms with Gasteiger partial charge in [0.1, 0.15) is 0 Å². The molecule has 0 saturated heterocycles. The van der Waals surface area contributed by atoms with E-state index in [4.69, 9.17) is 10.8 Å². The molecule has 18 heavy (non-hydrogen) atoms. The number of benzene rings is 1. The van der Waals surface area contributed by atoms with E-state index in [-0.39, 0.29) is 12.0 Å². The van der Waals surface area contributed by atoms with E-state index in [1.54, 1.807) is 12.1 Å². The Hall–Kier alpha value is -1.39. The standard InChI is InChI=1S/C14H22N2O2/c1-14(2,7-8-17)10-16-9-11-5-3-4-6-12(11)13(15)18/h3-6,16-17H,7-10H2,1-2H3,(H2,15,18). The molecule has 1 rings (SSSR count). The third-order valence-corrected chi connectivity index (χ3v) is 2.99. The zero-order valence-corrected chi connectivity index (χ0v) is 11.1. The second kappa shape index (κ2) is 6.52. The molecular formula is C14H22N2O2. The summed E-state index contributed by atoms with van der Waals surface area (Å²) >= 11 is 0. The molecule has 0 spiro atoms. The number of amides is 1. The van der Waals surface area contributed by atoms with Crippen molar-refractivity contribution in [3.05, 3.63) is 35.4 Å². The van der Waals surface area contributed by atoms with E-state index in [1.165, 1.54) is 0 Å². The van der Waals surface area contributed by atoms with E-state index < -0.39 is 5.91 Å². The molecule has 0 radical (unpaired) electrons. The van der Waals surface area contributed by atoms with Crippen LogP contribution in [0.3, 0.4) is 0 Å². The van der Waals surface area contributed by atoms with Crippen LogP contribution in [0, 0.1) is 5.41 Å². The molecule has 0 aliphatic rings. The van der Waals surface area contributed by atoms with Gasteiger partial charge in [0.15, 0.2) is 0 Å².